The predicted octanol–water partition coefficient (Wildman–Crippen LogP) is 2.72. The average molecular weight is 405 g/mol. The third kappa shape index (κ3) is 4.51. The number of hydrogen-bond donors (Lipinski definition) is 2. The fourth-order valence-corrected chi connectivity index (χ4v) is 2.96. The summed E-state index contributed by atoms with van der Waals surface area (Å²) in [5.74, 6) is 0.164. The zero-order chi connectivity index (χ0) is 20.5. The lowest BCUT2D eigenvalue weighted by Crippen LogP contribution is -2.39. The smallest absolute Gasteiger partial charge is 0.411 e. The van der Waals surface area contributed by atoms with Crippen molar-refractivity contribution in [3.8, 4) is 11.3 Å². The van der Waals surface area contributed by atoms with E-state index < -0.39 is 6.09 Å². The molecule has 0 bridgehead atoms. The van der Waals surface area contributed by atoms with E-state index in [4.69, 9.17) is 11.6 Å². The third-order valence-electron chi connectivity index (χ3n) is 4.62. The number of halogens is 1. The van der Waals surface area contributed by atoms with Gasteiger partial charge in [0.05, 0.1) is 18.5 Å². The van der Waals surface area contributed by atoms with Gasteiger partial charge in [-0.1, -0.05) is 11.6 Å². The molecule has 8 nitrogen and oxygen atoms in total. The van der Waals surface area contributed by atoms with E-state index in [1.165, 1.54) is 17.7 Å². The molecule has 1 aliphatic rings. The molecule has 1 saturated carbocycles. The molecule has 0 spiro atoms. The summed E-state index contributed by atoms with van der Waals surface area (Å²) in [5.41, 5.74) is 0.716. The number of aromatic nitrogens is 2. The molecular formula is C19H21ClN4O4. The van der Waals surface area contributed by atoms with Crippen LogP contribution in [0.25, 0.3) is 11.3 Å². The summed E-state index contributed by atoms with van der Waals surface area (Å²) in [6.07, 6.45) is 1.21. The van der Waals surface area contributed by atoms with Gasteiger partial charge in [0, 0.05) is 22.2 Å². The largest absolute Gasteiger partial charge is 0.453 e. The maximum atomic E-state index is 12.6. The summed E-state index contributed by atoms with van der Waals surface area (Å²) in [7, 11) is 1.25. The first-order chi connectivity index (χ1) is 13.2. The molecule has 2 amide bonds. The molecule has 2 aromatic rings. The van der Waals surface area contributed by atoms with E-state index in [0.717, 1.165) is 12.8 Å². The fourth-order valence-electron chi connectivity index (χ4n) is 2.79. The quantitative estimate of drug-likeness (QED) is 0.797. The van der Waals surface area contributed by atoms with Gasteiger partial charge in [0.2, 0.25) is 5.91 Å². The molecule has 1 aromatic carbocycles. The Labute approximate surface area is 166 Å². The van der Waals surface area contributed by atoms with E-state index in [9.17, 15) is 14.4 Å². The molecular weight excluding hydrogens is 384 g/mol. The molecule has 2 N–H and O–H groups in total. The Balaban J connectivity index is 1.91. The number of ether oxygens (including phenoxy) is 1. The lowest BCUT2D eigenvalue weighted by molar-refractivity contribution is -0.122. The second kappa shape index (κ2) is 7.63. The first-order valence-electron chi connectivity index (χ1n) is 8.75. The van der Waals surface area contributed by atoms with Crippen LogP contribution in [0, 0.1) is 6.92 Å². The normalized spacial score (nSPS) is 14.3. The number of hydrogen-bond acceptors (Lipinski definition) is 5. The maximum absolute atomic E-state index is 12.6. The van der Waals surface area contributed by atoms with Crippen molar-refractivity contribution in [3.05, 3.63) is 45.5 Å². The van der Waals surface area contributed by atoms with Gasteiger partial charge in [-0.3, -0.25) is 19.5 Å². The summed E-state index contributed by atoms with van der Waals surface area (Å²) < 4.78 is 5.93. The van der Waals surface area contributed by atoms with Crippen LogP contribution in [0.1, 0.15) is 25.6 Å². The van der Waals surface area contributed by atoms with Crippen LogP contribution in [-0.4, -0.2) is 34.2 Å². The zero-order valence-corrected chi connectivity index (χ0v) is 16.6. The number of carbonyl (C=O) groups excluding carboxylic acids is 2. The first-order valence-corrected chi connectivity index (χ1v) is 9.13. The van der Waals surface area contributed by atoms with E-state index >= 15 is 0 Å². The molecule has 1 fully saturated rings. The van der Waals surface area contributed by atoms with Crippen molar-refractivity contribution in [1.82, 2.24) is 14.9 Å². The van der Waals surface area contributed by atoms with Gasteiger partial charge in [0.25, 0.3) is 5.56 Å². The van der Waals surface area contributed by atoms with Gasteiger partial charge in [0.15, 0.2) is 0 Å². The molecule has 0 atom stereocenters. The number of aryl methyl sites for hydroxylation is 1. The first kappa shape index (κ1) is 19.9. The molecule has 148 valence electrons. The second-order valence-corrected chi connectivity index (χ2v) is 7.46. The minimum absolute atomic E-state index is 0.0958. The van der Waals surface area contributed by atoms with Gasteiger partial charge in [-0.15, -0.1) is 0 Å². The van der Waals surface area contributed by atoms with Gasteiger partial charge in [-0.25, -0.2) is 9.78 Å². The van der Waals surface area contributed by atoms with Gasteiger partial charge >= 0.3 is 6.09 Å². The van der Waals surface area contributed by atoms with Crippen LogP contribution in [0.2, 0.25) is 5.02 Å². The van der Waals surface area contributed by atoms with E-state index in [1.54, 1.807) is 25.1 Å². The molecule has 1 aliphatic carbocycles. The van der Waals surface area contributed by atoms with Crippen LogP contribution >= 0.6 is 11.6 Å². The summed E-state index contributed by atoms with van der Waals surface area (Å²) in [6, 6.07) is 6.15. The molecule has 0 radical (unpaired) electrons. The van der Waals surface area contributed by atoms with Gasteiger partial charge in [-0.2, -0.15) is 0 Å². The zero-order valence-electron chi connectivity index (χ0n) is 15.8. The lowest BCUT2D eigenvalue weighted by atomic mass is 10.1. The topological polar surface area (TPSA) is 102 Å². The molecule has 9 heteroatoms. The summed E-state index contributed by atoms with van der Waals surface area (Å²) in [5, 5.41) is 5.89. The van der Waals surface area contributed by atoms with Crippen molar-refractivity contribution in [3.63, 3.8) is 0 Å². The van der Waals surface area contributed by atoms with Gasteiger partial charge < -0.3 is 10.1 Å². The van der Waals surface area contributed by atoms with Crippen LogP contribution < -0.4 is 16.2 Å². The van der Waals surface area contributed by atoms with E-state index in [-0.39, 0.29) is 23.6 Å². The molecule has 1 heterocycles. The Bertz CT molecular complexity index is 998. The maximum Gasteiger partial charge on any atom is 0.411 e. The summed E-state index contributed by atoms with van der Waals surface area (Å²) in [6.45, 7) is 3.53. The Kier molecular flexibility index (Phi) is 5.42. The number of benzene rings is 1. The molecule has 28 heavy (non-hydrogen) atoms. The van der Waals surface area contributed by atoms with Crippen LogP contribution in [0.4, 0.5) is 10.5 Å². The van der Waals surface area contributed by atoms with Crippen molar-refractivity contribution < 1.29 is 14.3 Å². The molecule has 0 unspecified atom stereocenters. The van der Waals surface area contributed by atoms with E-state index in [1.807, 2.05) is 6.92 Å². The Hall–Kier alpha value is -2.87. The van der Waals surface area contributed by atoms with E-state index in [0.29, 0.717) is 27.8 Å². The minimum Gasteiger partial charge on any atom is -0.453 e. The fraction of sp³-hybridized carbons (Fsp3) is 0.368. The van der Waals surface area contributed by atoms with Crippen molar-refractivity contribution in [2.45, 2.75) is 38.8 Å². The molecule has 0 aliphatic heterocycles. The van der Waals surface area contributed by atoms with Crippen molar-refractivity contribution >= 4 is 29.3 Å². The number of amides is 2. The number of anilines is 1. The SMILES string of the molecule is COC(=O)Nc1cc(Cl)ccc1-c1cc(=O)n(CC(=O)NC2(C)CC2)c(C)n1. The molecule has 1 aromatic heterocycles. The van der Waals surface area contributed by atoms with Crippen LogP contribution in [-0.2, 0) is 16.1 Å². The second-order valence-electron chi connectivity index (χ2n) is 7.03. The Morgan fingerprint density at radius 1 is 1.32 bits per heavy atom. The highest BCUT2D eigenvalue weighted by molar-refractivity contribution is 6.31. The number of nitrogens with zero attached hydrogens (tertiary/aromatic N) is 2. The third-order valence-corrected chi connectivity index (χ3v) is 4.86. The molecule has 3 rings (SSSR count). The van der Waals surface area contributed by atoms with Crippen LogP contribution in [0.15, 0.2) is 29.1 Å². The summed E-state index contributed by atoms with van der Waals surface area (Å²) in [4.78, 5) is 40.8. The average Bonchev–Trinajstić information content (AvgIpc) is 3.34. The summed E-state index contributed by atoms with van der Waals surface area (Å²) >= 11 is 6.01. The van der Waals surface area contributed by atoms with E-state index in [2.05, 4.69) is 20.4 Å². The highest BCUT2D eigenvalue weighted by atomic mass is 35.5. The number of nitrogens with one attached hydrogen (secondary N) is 2. The monoisotopic (exact) mass is 404 g/mol. The van der Waals surface area contributed by atoms with Crippen molar-refractivity contribution in [2.24, 2.45) is 0 Å². The number of rotatable bonds is 5. The number of methoxy groups -OCH3 is 1. The minimum atomic E-state index is -0.668. The number of carbonyl (C=O) groups is 2. The Morgan fingerprint density at radius 3 is 2.64 bits per heavy atom. The van der Waals surface area contributed by atoms with Gasteiger partial charge in [0.1, 0.15) is 12.4 Å². The lowest BCUT2D eigenvalue weighted by Gasteiger charge is -2.15. The van der Waals surface area contributed by atoms with Crippen molar-refractivity contribution in [2.75, 3.05) is 12.4 Å². The van der Waals surface area contributed by atoms with Crippen LogP contribution in [0.5, 0.6) is 0 Å². The predicted molar refractivity (Wildman–Crippen MR) is 105 cm³/mol. The van der Waals surface area contributed by atoms with Crippen LogP contribution in [0.3, 0.4) is 0 Å². The van der Waals surface area contributed by atoms with Gasteiger partial charge in [-0.05, 0) is 44.9 Å². The molecule has 0 saturated heterocycles. The standard InChI is InChI=1S/C19H21ClN4O4/c1-11-21-15(13-5-4-12(20)8-14(13)22-18(27)28-3)9-17(26)24(11)10-16(25)23-19(2)6-7-19/h4-5,8-9H,6-7,10H2,1-3H3,(H,22,27)(H,23,25). The Morgan fingerprint density at radius 2 is 2.04 bits per heavy atom. The van der Waals surface area contributed by atoms with Crippen molar-refractivity contribution in [1.29, 1.82) is 0 Å². The highest BCUT2D eigenvalue weighted by Gasteiger charge is 2.38. The highest BCUT2D eigenvalue weighted by Crippen LogP contribution is 2.34.